The Morgan fingerprint density at radius 3 is 2.56 bits per heavy atom. The first-order valence-electron chi connectivity index (χ1n) is 10.0. The van der Waals surface area contributed by atoms with Gasteiger partial charge in [0, 0.05) is 32.2 Å². The molecule has 27 heavy (non-hydrogen) atoms. The Kier molecular flexibility index (Phi) is 8.38. The van der Waals surface area contributed by atoms with Gasteiger partial charge in [-0.3, -0.25) is 9.89 Å². The Labute approximate surface area is 164 Å². The van der Waals surface area contributed by atoms with Crippen molar-refractivity contribution in [3.05, 3.63) is 29.8 Å². The Morgan fingerprint density at radius 1 is 1.19 bits per heavy atom. The number of nitrogens with zero attached hydrogens (tertiary/aromatic N) is 2. The zero-order valence-electron chi connectivity index (χ0n) is 17.6. The van der Waals surface area contributed by atoms with E-state index >= 15 is 0 Å². The molecule has 0 radical (unpaired) electrons. The smallest absolute Gasteiger partial charge is 0.191 e. The summed E-state index contributed by atoms with van der Waals surface area (Å²) in [5, 5.41) is 10.4. The van der Waals surface area contributed by atoms with Crippen LogP contribution in [0.15, 0.2) is 29.3 Å². The largest absolute Gasteiger partial charge is 0.497 e. The fourth-order valence-corrected chi connectivity index (χ4v) is 3.39. The third-order valence-electron chi connectivity index (χ3n) is 4.82. The lowest BCUT2D eigenvalue weighted by molar-refractivity contribution is 0.245. The Bertz CT molecular complexity index is 590. The van der Waals surface area contributed by atoms with Gasteiger partial charge in [-0.25, -0.2) is 0 Å². The summed E-state index contributed by atoms with van der Waals surface area (Å²) < 4.78 is 5.43. The van der Waals surface area contributed by atoms with E-state index in [2.05, 4.69) is 64.8 Å². The number of aliphatic imine (C=N–C) groups is 1. The molecule has 1 aromatic carbocycles. The van der Waals surface area contributed by atoms with Gasteiger partial charge < -0.3 is 20.7 Å². The van der Waals surface area contributed by atoms with Gasteiger partial charge in [0.15, 0.2) is 5.96 Å². The highest BCUT2D eigenvalue weighted by molar-refractivity contribution is 5.79. The van der Waals surface area contributed by atoms with Gasteiger partial charge in [-0.2, -0.15) is 0 Å². The highest BCUT2D eigenvalue weighted by Gasteiger charge is 2.24. The van der Waals surface area contributed by atoms with Crippen molar-refractivity contribution in [3.63, 3.8) is 0 Å². The summed E-state index contributed by atoms with van der Waals surface area (Å²) in [6, 6.07) is 8.72. The van der Waals surface area contributed by atoms with Crippen LogP contribution < -0.4 is 20.7 Å². The molecule has 152 valence electrons. The molecular weight excluding hydrogens is 338 g/mol. The highest BCUT2D eigenvalue weighted by Crippen LogP contribution is 2.27. The van der Waals surface area contributed by atoms with Gasteiger partial charge in [-0.15, -0.1) is 0 Å². The number of nitrogens with one attached hydrogen (secondary N) is 3. The lowest BCUT2D eigenvalue weighted by atomic mass is 10.1. The highest BCUT2D eigenvalue weighted by atomic mass is 16.5. The molecule has 1 unspecified atom stereocenters. The summed E-state index contributed by atoms with van der Waals surface area (Å²) in [6.07, 6.45) is 2.54. The zero-order chi connectivity index (χ0) is 19.7. The number of hydrogen-bond donors (Lipinski definition) is 3. The summed E-state index contributed by atoms with van der Waals surface area (Å²) >= 11 is 0. The molecule has 1 aromatic rings. The van der Waals surface area contributed by atoms with Crippen molar-refractivity contribution in [1.29, 1.82) is 0 Å². The van der Waals surface area contributed by atoms with Crippen molar-refractivity contribution in [2.45, 2.75) is 45.2 Å². The summed E-state index contributed by atoms with van der Waals surface area (Å²) in [7, 11) is 3.54. The van der Waals surface area contributed by atoms with Crippen LogP contribution in [0.4, 0.5) is 0 Å². The molecule has 6 heteroatoms. The molecule has 0 amide bonds. The number of rotatable bonds is 8. The Hall–Kier alpha value is -1.79. The maximum Gasteiger partial charge on any atom is 0.191 e. The van der Waals surface area contributed by atoms with Gasteiger partial charge in [-0.1, -0.05) is 12.1 Å². The summed E-state index contributed by atoms with van der Waals surface area (Å²) in [5.74, 6) is 1.75. The molecule has 0 bridgehead atoms. The molecule has 1 aliphatic rings. The van der Waals surface area contributed by atoms with Crippen LogP contribution in [0.25, 0.3) is 0 Å². The van der Waals surface area contributed by atoms with Gasteiger partial charge >= 0.3 is 0 Å². The van der Waals surface area contributed by atoms with Crippen molar-refractivity contribution >= 4 is 5.96 Å². The topological polar surface area (TPSA) is 60.9 Å². The minimum absolute atomic E-state index is 0.131. The molecule has 1 heterocycles. The third-order valence-corrected chi connectivity index (χ3v) is 4.82. The predicted octanol–water partition coefficient (Wildman–Crippen LogP) is 2.39. The summed E-state index contributed by atoms with van der Waals surface area (Å²) in [5.41, 5.74) is 1.42. The maximum atomic E-state index is 5.43. The second-order valence-electron chi connectivity index (χ2n) is 8.09. The van der Waals surface area contributed by atoms with Crippen LogP contribution in [0.2, 0.25) is 0 Å². The Balaban J connectivity index is 1.94. The number of methoxy groups -OCH3 is 1. The molecule has 0 aromatic heterocycles. The van der Waals surface area contributed by atoms with Crippen molar-refractivity contribution < 1.29 is 4.74 Å². The first-order valence-corrected chi connectivity index (χ1v) is 10.0. The molecule has 0 aliphatic carbocycles. The van der Waals surface area contributed by atoms with E-state index in [-0.39, 0.29) is 5.54 Å². The molecular formula is C21H37N5O. The van der Waals surface area contributed by atoms with Crippen LogP contribution >= 0.6 is 0 Å². The quantitative estimate of drug-likeness (QED) is 0.370. The number of likely N-dealkylation sites (tertiary alicyclic amines) is 1. The van der Waals surface area contributed by atoms with Crippen molar-refractivity contribution in [2.75, 3.05) is 46.9 Å². The lowest BCUT2D eigenvalue weighted by Crippen LogP contribution is -2.46. The van der Waals surface area contributed by atoms with Gasteiger partial charge in [0.25, 0.3) is 0 Å². The first kappa shape index (κ1) is 21.5. The first-order chi connectivity index (χ1) is 12.9. The molecule has 2 rings (SSSR count). The Morgan fingerprint density at radius 2 is 1.93 bits per heavy atom. The van der Waals surface area contributed by atoms with Gasteiger partial charge in [0.1, 0.15) is 5.75 Å². The molecule has 3 N–H and O–H groups in total. The van der Waals surface area contributed by atoms with E-state index in [1.54, 1.807) is 7.11 Å². The lowest BCUT2D eigenvalue weighted by Gasteiger charge is -2.29. The normalized spacial score (nSPS) is 17.0. The minimum Gasteiger partial charge on any atom is -0.497 e. The van der Waals surface area contributed by atoms with Crippen LogP contribution in [-0.2, 0) is 0 Å². The molecule has 1 aliphatic heterocycles. The average molecular weight is 376 g/mol. The zero-order valence-corrected chi connectivity index (χ0v) is 17.6. The summed E-state index contributed by atoms with van der Waals surface area (Å²) in [6.45, 7) is 11.4. The maximum absolute atomic E-state index is 5.43. The van der Waals surface area contributed by atoms with Crippen LogP contribution in [-0.4, -0.2) is 63.3 Å². The monoisotopic (exact) mass is 375 g/mol. The van der Waals surface area contributed by atoms with Crippen molar-refractivity contribution in [1.82, 2.24) is 20.9 Å². The summed E-state index contributed by atoms with van der Waals surface area (Å²) in [4.78, 5) is 6.92. The minimum atomic E-state index is 0.131. The van der Waals surface area contributed by atoms with Gasteiger partial charge in [0.05, 0.1) is 13.2 Å². The van der Waals surface area contributed by atoms with Gasteiger partial charge in [-0.05, 0) is 64.4 Å². The van der Waals surface area contributed by atoms with Crippen molar-refractivity contribution in [2.24, 2.45) is 4.99 Å². The SMILES string of the molecule is CN=C(NCCNC(C)(C)C)NCC(c1cccc(OC)c1)N1CCCC1. The molecule has 1 saturated heterocycles. The predicted molar refractivity (Wildman–Crippen MR) is 114 cm³/mol. The van der Waals surface area contributed by atoms with Crippen LogP contribution in [0.1, 0.15) is 45.2 Å². The molecule has 6 nitrogen and oxygen atoms in total. The molecule has 0 spiro atoms. The number of benzene rings is 1. The third kappa shape index (κ3) is 7.39. The van der Waals surface area contributed by atoms with E-state index in [9.17, 15) is 0 Å². The molecule has 1 atom stereocenters. The fourth-order valence-electron chi connectivity index (χ4n) is 3.39. The average Bonchev–Trinajstić information content (AvgIpc) is 3.17. The van der Waals surface area contributed by atoms with E-state index in [4.69, 9.17) is 4.74 Å². The van der Waals surface area contributed by atoms with Crippen LogP contribution in [0, 0.1) is 0 Å². The van der Waals surface area contributed by atoms with E-state index < -0.39 is 0 Å². The van der Waals surface area contributed by atoms with E-state index in [0.29, 0.717) is 6.04 Å². The number of guanidine groups is 1. The van der Waals surface area contributed by atoms with E-state index in [1.807, 2.05) is 13.1 Å². The van der Waals surface area contributed by atoms with E-state index in [0.717, 1.165) is 44.4 Å². The van der Waals surface area contributed by atoms with E-state index in [1.165, 1.54) is 18.4 Å². The van der Waals surface area contributed by atoms with Crippen molar-refractivity contribution in [3.8, 4) is 5.75 Å². The van der Waals surface area contributed by atoms with Gasteiger partial charge in [0.2, 0.25) is 0 Å². The molecule has 0 saturated carbocycles. The number of ether oxygens (including phenoxy) is 1. The van der Waals surface area contributed by atoms with Crippen LogP contribution in [0.5, 0.6) is 5.75 Å². The molecule has 1 fully saturated rings. The standard InChI is InChI=1S/C21H37N5O/c1-21(2,3)25-12-11-23-20(22-4)24-16-19(26-13-6-7-14-26)17-9-8-10-18(15-17)27-5/h8-10,15,19,25H,6-7,11-14,16H2,1-5H3,(H2,22,23,24). The fraction of sp³-hybridized carbons (Fsp3) is 0.667. The van der Waals surface area contributed by atoms with Crippen LogP contribution in [0.3, 0.4) is 0 Å². The second-order valence-corrected chi connectivity index (χ2v) is 8.09. The number of hydrogen-bond acceptors (Lipinski definition) is 4. The second kappa shape index (κ2) is 10.5.